The molecule has 1 heterocycles. The fourth-order valence-corrected chi connectivity index (χ4v) is 4.43. The van der Waals surface area contributed by atoms with Crippen LogP contribution in [0.3, 0.4) is 0 Å². The molecule has 0 amide bonds. The number of anilines is 1. The lowest BCUT2D eigenvalue weighted by molar-refractivity contribution is -0.166. The van der Waals surface area contributed by atoms with Crippen molar-refractivity contribution in [3.8, 4) is 0 Å². The largest absolute Gasteiger partial charge is 0.366 e. The van der Waals surface area contributed by atoms with Gasteiger partial charge in [0, 0.05) is 28.8 Å². The predicted octanol–water partition coefficient (Wildman–Crippen LogP) is 6.41. The van der Waals surface area contributed by atoms with Crippen LogP contribution < -0.4 is 10.6 Å². The summed E-state index contributed by atoms with van der Waals surface area (Å²) in [6.45, 7) is 2.90. The van der Waals surface area contributed by atoms with E-state index in [0.29, 0.717) is 23.2 Å². The van der Waals surface area contributed by atoms with Crippen molar-refractivity contribution in [3.05, 3.63) is 106 Å². The summed E-state index contributed by atoms with van der Waals surface area (Å²) in [7, 11) is 0. The molecule has 1 aliphatic heterocycles. The van der Waals surface area contributed by atoms with E-state index in [1.54, 1.807) is 6.07 Å². The third-order valence-electron chi connectivity index (χ3n) is 5.48. The van der Waals surface area contributed by atoms with Crippen LogP contribution >= 0.6 is 23.2 Å². The van der Waals surface area contributed by atoms with Crippen LogP contribution in [0.25, 0.3) is 6.08 Å². The molecule has 1 aliphatic rings. The maximum atomic E-state index is 6.20. The molecule has 0 saturated heterocycles. The zero-order valence-corrected chi connectivity index (χ0v) is 20.0. The number of hydrogen-bond acceptors (Lipinski definition) is 4. The molecule has 6 heteroatoms. The zero-order valence-electron chi connectivity index (χ0n) is 18.5. The first-order valence-electron chi connectivity index (χ1n) is 11.3. The second kappa shape index (κ2) is 12.2. The molecular formula is C27H29Cl2N3O. The molecule has 3 aromatic carbocycles. The molecule has 0 aliphatic carbocycles. The molecular weight excluding hydrogens is 453 g/mol. The normalized spacial score (nSPS) is 14.8. The predicted molar refractivity (Wildman–Crippen MR) is 138 cm³/mol. The topological polar surface area (TPSA) is 36.5 Å². The fourth-order valence-electron chi connectivity index (χ4n) is 3.85. The summed E-state index contributed by atoms with van der Waals surface area (Å²) >= 11 is 12.4. The summed E-state index contributed by atoms with van der Waals surface area (Å²) in [6, 6.07) is 24.3. The molecule has 1 unspecified atom stereocenters. The Balaban J connectivity index is 1.28. The van der Waals surface area contributed by atoms with Gasteiger partial charge in [-0.05, 0) is 66.4 Å². The monoisotopic (exact) mass is 481 g/mol. The van der Waals surface area contributed by atoms with Crippen LogP contribution in [0.2, 0.25) is 10.0 Å². The molecule has 3 aromatic rings. The Hall–Kier alpha value is -2.34. The third kappa shape index (κ3) is 7.60. The van der Waals surface area contributed by atoms with Gasteiger partial charge in [0.2, 0.25) is 0 Å². The molecule has 0 spiro atoms. The van der Waals surface area contributed by atoms with Crippen molar-refractivity contribution < 1.29 is 4.84 Å². The standard InChI is InChI=1S/C27H29Cl2N3O/c28-24-17-22(18-25(29)19-24)20-32(33-16-13-21-7-2-1-3-8-21)15-6-14-30-27-12-11-23-9-4-5-10-26(23)31-27/h1-5,7-12,17-19,27,30-31H,6,13-16,20H2. The van der Waals surface area contributed by atoms with Crippen molar-refractivity contribution >= 4 is 35.0 Å². The Labute approximate surface area is 206 Å². The van der Waals surface area contributed by atoms with Crippen LogP contribution in [-0.4, -0.2) is 30.9 Å². The Bertz CT molecular complexity index is 1040. The van der Waals surface area contributed by atoms with Crippen LogP contribution in [0, 0.1) is 0 Å². The van der Waals surface area contributed by atoms with Gasteiger partial charge in [-0.3, -0.25) is 10.2 Å². The van der Waals surface area contributed by atoms with E-state index in [-0.39, 0.29) is 6.17 Å². The van der Waals surface area contributed by atoms with Crippen molar-refractivity contribution in [2.24, 2.45) is 0 Å². The summed E-state index contributed by atoms with van der Waals surface area (Å²) in [5.41, 5.74) is 4.67. The van der Waals surface area contributed by atoms with E-state index in [9.17, 15) is 0 Å². The lowest BCUT2D eigenvalue weighted by atomic mass is 10.1. The van der Waals surface area contributed by atoms with Crippen LogP contribution in [0.1, 0.15) is 23.1 Å². The molecule has 0 bridgehead atoms. The smallest absolute Gasteiger partial charge is 0.0964 e. The van der Waals surface area contributed by atoms with Gasteiger partial charge in [0.05, 0.1) is 12.8 Å². The van der Waals surface area contributed by atoms with Gasteiger partial charge < -0.3 is 5.32 Å². The summed E-state index contributed by atoms with van der Waals surface area (Å²) in [4.78, 5) is 6.16. The van der Waals surface area contributed by atoms with Gasteiger partial charge >= 0.3 is 0 Å². The number of nitrogens with one attached hydrogen (secondary N) is 2. The van der Waals surface area contributed by atoms with Crippen LogP contribution in [0.5, 0.6) is 0 Å². The molecule has 4 rings (SSSR count). The van der Waals surface area contributed by atoms with Gasteiger partial charge in [-0.2, -0.15) is 5.06 Å². The van der Waals surface area contributed by atoms with Crippen molar-refractivity contribution in [1.82, 2.24) is 10.4 Å². The molecule has 1 atom stereocenters. The average Bonchev–Trinajstić information content (AvgIpc) is 2.81. The van der Waals surface area contributed by atoms with Crippen molar-refractivity contribution in [2.45, 2.75) is 25.6 Å². The van der Waals surface area contributed by atoms with Crippen LogP contribution in [-0.2, 0) is 17.8 Å². The third-order valence-corrected chi connectivity index (χ3v) is 5.91. The maximum absolute atomic E-state index is 6.20. The second-order valence-corrected chi connectivity index (χ2v) is 8.96. The fraction of sp³-hybridized carbons (Fsp3) is 0.259. The van der Waals surface area contributed by atoms with E-state index in [1.807, 2.05) is 23.3 Å². The lowest BCUT2D eigenvalue weighted by Gasteiger charge is -2.25. The average molecular weight is 482 g/mol. The minimum Gasteiger partial charge on any atom is -0.366 e. The Morgan fingerprint density at radius 1 is 0.909 bits per heavy atom. The van der Waals surface area contributed by atoms with Gasteiger partial charge in [0.15, 0.2) is 0 Å². The van der Waals surface area contributed by atoms with E-state index in [4.69, 9.17) is 28.0 Å². The van der Waals surface area contributed by atoms with E-state index in [2.05, 4.69) is 71.3 Å². The van der Waals surface area contributed by atoms with Crippen LogP contribution in [0.4, 0.5) is 5.69 Å². The minimum atomic E-state index is 0.124. The minimum absolute atomic E-state index is 0.124. The molecule has 0 saturated carbocycles. The van der Waals surface area contributed by atoms with Crippen LogP contribution in [0.15, 0.2) is 78.9 Å². The van der Waals surface area contributed by atoms with Gasteiger partial charge in [-0.1, -0.05) is 77.8 Å². The van der Waals surface area contributed by atoms with Gasteiger partial charge in [-0.25, -0.2) is 0 Å². The summed E-state index contributed by atoms with van der Waals surface area (Å²) < 4.78 is 0. The lowest BCUT2D eigenvalue weighted by Crippen LogP contribution is -2.37. The highest BCUT2D eigenvalue weighted by Gasteiger charge is 2.12. The highest BCUT2D eigenvalue weighted by atomic mass is 35.5. The van der Waals surface area contributed by atoms with E-state index in [1.165, 1.54) is 11.1 Å². The van der Waals surface area contributed by atoms with Gasteiger partial charge in [-0.15, -0.1) is 0 Å². The maximum Gasteiger partial charge on any atom is 0.0964 e. The Morgan fingerprint density at radius 2 is 1.67 bits per heavy atom. The van der Waals surface area contributed by atoms with E-state index < -0.39 is 0 Å². The second-order valence-electron chi connectivity index (χ2n) is 8.09. The van der Waals surface area contributed by atoms with Crippen molar-refractivity contribution in [3.63, 3.8) is 0 Å². The number of fused-ring (bicyclic) bond motifs is 1. The number of nitrogens with zero attached hydrogens (tertiary/aromatic N) is 1. The first-order chi connectivity index (χ1) is 16.2. The summed E-state index contributed by atoms with van der Waals surface area (Å²) in [6.07, 6.45) is 6.24. The summed E-state index contributed by atoms with van der Waals surface area (Å²) in [5.74, 6) is 0. The molecule has 0 fully saturated rings. The van der Waals surface area contributed by atoms with Crippen molar-refractivity contribution in [2.75, 3.05) is 25.0 Å². The van der Waals surface area contributed by atoms with Crippen molar-refractivity contribution in [1.29, 1.82) is 0 Å². The quantitative estimate of drug-likeness (QED) is 0.245. The number of hydroxylamine groups is 2. The molecule has 0 aromatic heterocycles. The molecule has 33 heavy (non-hydrogen) atoms. The first kappa shape index (κ1) is 23.8. The Morgan fingerprint density at radius 3 is 2.48 bits per heavy atom. The number of para-hydroxylation sites is 1. The van der Waals surface area contributed by atoms with Gasteiger partial charge in [0.25, 0.3) is 0 Å². The molecule has 0 radical (unpaired) electrons. The highest BCUT2D eigenvalue weighted by Crippen LogP contribution is 2.22. The molecule has 2 N–H and O–H groups in total. The highest BCUT2D eigenvalue weighted by molar-refractivity contribution is 6.34. The Kier molecular flexibility index (Phi) is 8.81. The molecule has 172 valence electrons. The van der Waals surface area contributed by atoms with E-state index >= 15 is 0 Å². The van der Waals surface area contributed by atoms with Gasteiger partial charge in [0.1, 0.15) is 0 Å². The molecule has 4 nitrogen and oxygen atoms in total. The zero-order chi connectivity index (χ0) is 22.9. The first-order valence-corrected chi connectivity index (χ1v) is 12.1. The SMILES string of the molecule is Clc1cc(Cl)cc(CN(CCCNC2C=Cc3ccccc3N2)OCCc2ccccc2)c1. The number of rotatable bonds is 11. The number of benzene rings is 3. The number of halogens is 2. The van der Waals surface area contributed by atoms with E-state index in [0.717, 1.165) is 37.2 Å². The summed E-state index contributed by atoms with van der Waals surface area (Å²) in [5, 5.41) is 10.4. The number of hydrogen-bond donors (Lipinski definition) is 2.